The molecule has 2 fully saturated rings. The van der Waals surface area contributed by atoms with Crippen LogP contribution in [-0.4, -0.2) is 80.0 Å². The van der Waals surface area contributed by atoms with Crippen molar-refractivity contribution in [3.05, 3.63) is 42.6 Å². The number of ketones is 1. The van der Waals surface area contributed by atoms with Crippen molar-refractivity contribution >= 4 is 28.5 Å². The molecule has 10 nitrogen and oxygen atoms in total. The van der Waals surface area contributed by atoms with Gasteiger partial charge in [0.05, 0.1) is 56.8 Å². The molecule has 0 aliphatic carbocycles. The van der Waals surface area contributed by atoms with Crippen molar-refractivity contribution in [3.8, 4) is 22.8 Å². The molecule has 2 atom stereocenters. The van der Waals surface area contributed by atoms with Crippen molar-refractivity contribution in [1.29, 1.82) is 0 Å². The second-order valence-electron chi connectivity index (χ2n) is 10.5. The quantitative estimate of drug-likeness (QED) is 0.358. The Balaban J connectivity index is 1.58. The Morgan fingerprint density at radius 2 is 1.90 bits per heavy atom. The first-order valence-corrected chi connectivity index (χ1v) is 13.3. The fourth-order valence-electron chi connectivity index (χ4n) is 5.28. The van der Waals surface area contributed by atoms with Gasteiger partial charge in [0.1, 0.15) is 5.52 Å². The molecule has 4 heterocycles. The molecule has 5 rings (SSSR count). The minimum absolute atomic E-state index is 0.0281. The third kappa shape index (κ3) is 5.53. The lowest BCUT2D eigenvalue weighted by atomic mass is 9.90. The second-order valence-corrected chi connectivity index (χ2v) is 10.5. The lowest BCUT2D eigenvalue weighted by Gasteiger charge is -2.47. The van der Waals surface area contributed by atoms with Crippen LogP contribution >= 0.6 is 0 Å². The van der Waals surface area contributed by atoms with Crippen LogP contribution in [0.2, 0.25) is 0 Å². The standard InChI is InChI=1S/C29H33F2N5O5/c1-6-18(37)9-16-7-8-41-13-20(16)34-28-32-12-17-10-19(23-24(30)21(38-3)11-22(39-4)25(23)31)33-27(26(17)35-28)36-14-29(2,15-36)40-5/h6,10-12,16,20H,1,7-9,13-15H2,2-5H3,(H,32,34,35)/t16-,20-/m1/s1. The number of anilines is 2. The minimum Gasteiger partial charge on any atom is -0.494 e. The Hall–Kier alpha value is -3.90. The molecule has 0 radical (unpaired) electrons. The van der Waals surface area contributed by atoms with E-state index in [-0.39, 0.29) is 40.5 Å². The number of aromatic nitrogens is 3. The number of methoxy groups -OCH3 is 3. The van der Waals surface area contributed by atoms with E-state index in [1.54, 1.807) is 13.3 Å². The molecule has 0 spiro atoms. The number of nitrogens with zero attached hydrogens (tertiary/aromatic N) is 4. The zero-order valence-electron chi connectivity index (χ0n) is 23.5. The fraction of sp³-hybridized carbons (Fsp3) is 0.448. The van der Waals surface area contributed by atoms with Gasteiger partial charge in [-0.2, -0.15) is 0 Å². The van der Waals surface area contributed by atoms with Crippen molar-refractivity contribution < 1.29 is 32.5 Å². The van der Waals surface area contributed by atoms with E-state index >= 15 is 8.78 Å². The van der Waals surface area contributed by atoms with Crippen LogP contribution in [0.15, 0.2) is 31.0 Å². The number of fused-ring (bicyclic) bond motifs is 1. The van der Waals surface area contributed by atoms with E-state index in [9.17, 15) is 4.79 Å². The number of halogens is 2. The van der Waals surface area contributed by atoms with Crippen LogP contribution in [0.1, 0.15) is 19.8 Å². The highest BCUT2D eigenvalue weighted by atomic mass is 19.1. The summed E-state index contributed by atoms with van der Waals surface area (Å²) in [7, 11) is 4.22. The number of hydrogen-bond acceptors (Lipinski definition) is 10. The zero-order valence-corrected chi connectivity index (χ0v) is 23.5. The topological polar surface area (TPSA) is 108 Å². The van der Waals surface area contributed by atoms with Crippen molar-refractivity contribution in [3.63, 3.8) is 0 Å². The number of rotatable bonds is 10. The molecular weight excluding hydrogens is 536 g/mol. The first kappa shape index (κ1) is 28.6. The Bertz CT molecular complexity index is 1450. The summed E-state index contributed by atoms with van der Waals surface area (Å²) in [5.41, 5.74) is -0.247. The molecule has 1 N–H and O–H groups in total. The monoisotopic (exact) mass is 569 g/mol. The number of carbonyl (C=O) groups is 1. The summed E-state index contributed by atoms with van der Waals surface area (Å²) in [5.74, 6) is -1.39. The van der Waals surface area contributed by atoms with Gasteiger partial charge >= 0.3 is 0 Å². The highest BCUT2D eigenvalue weighted by molar-refractivity contribution is 5.93. The van der Waals surface area contributed by atoms with Crippen LogP contribution in [0.25, 0.3) is 22.2 Å². The van der Waals surface area contributed by atoms with Gasteiger partial charge in [-0.25, -0.2) is 23.7 Å². The highest BCUT2D eigenvalue weighted by Crippen LogP contribution is 2.40. The van der Waals surface area contributed by atoms with Gasteiger partial charge in [-0.05, 0) is 31.4 Å². The largest absolute Gasteiger partial charge is 0.494 e. The summed E-state index contributed by atoms with van der Waals surface area (Å²) in [6, 6.07) is 2.50. The van der Waals surface area contributed by atoms with Gasteiger partial charge in [-0.1, -0.05) is 6.58 Å². The maximum Gasteiger partial charge on any atom is 0.223 e. The van der Waals surface area contributed by atoms with E-state index < -0.39 is 17.2 Å². The van der Waals surface area contributed by atoms with Crippen LogP contribution < -0.4 is 19.7 Å². The molecule has 2 saturated heterocycles. The molecule has 41 heavy (non-hydrogen) atoms. The third-order valence-electron chi connectivity index (χ3n) is 7.73. The molecule has 0 bridgehead atoms. The van der Waals surface area contributed by atoms with Gasteiger partial charge < -0.3 is 29.2 Å². The molecule has 218 valence electrons. The number of benzene rings is 1. The van der Waals surface area contributed by atoms with E-state index in [1.165, 1.54) is 26.4 Å². The van der Waals surface area contributed by atoms with Crippen molar-refractivity contribution in [2.75, 3.05) is 57.8 Å². The predicted octanol–water partition coefficient (Wildman–Crippen LogP) is 4.17. The van der Waals surface area contributed by atoms with Crippen molar-refractivity contribution in [2.24, 2.45) is 5.92 Å². The van der Waals surface area contributed by atoms with E-state index in [1.807, 2.05) is 11.8 Å². The first-order valence-electron chi connectivity index (χ1n) is 13.3. The molecule has 2 aliphatic heterocycles. The number of hydrogen-bond donors (Lipinski definition) is 1. The van der Waals surface area contributed by atoms with E-state index in [2.05, 4.69) is 16.9 Å². The number of nitrogens with one attached hydrogen (secondary N) is 1. The molecule has 2 aromatic heterocycles. The fourth-order valence-corrected chi connectivity index (χ4v) is 5.28. The van der Waals surface area contributed by atoms with Gasteiger partial charge in [0.15, 0.2) is 34.7 Å². The minimum atomic E-state index is -0.898. The Labute approximate surface area is 236 Å². The molecule has 0 amide bonds. The normalized spacial score (nSPS) is 19.9. The SMILES string of the molecule is C=CC(=O)C[C@H]1CCOC[C@H]1Nc1ncc2cc(-c3c(F)c(OC)cc(OC)c3F)nc(N3CC(C)(OC)C3)c2n1. The zero-order chi connectivity index (χ0) is 29.3. The predicted molar refractivity (Wildman–Crippen MR) is 150 cm³/mol. The summed E-state index contributed by atoms with van der Waals surface area (Å²) >= 11 is 0. The summed E-state index contributed by atoms with van der Waals surface area (Å²) < 4.78 is 52.4. The molecule has 0 saturated carbocycles. The number of ether oxygens (including phenoxy) is 4. The summed E-state index contributed by atoms with van der Waals surface area (Å²) in [4.78, 5) is 27.9. The van der Waals surface area contributed by atoms with Crippen molar-refractivity contribution in [1.82, 2.24) is 15.0 Å². The molecule has 2 aliphatic rings. The lowest BCUT2D eigenvalue weighted by molar-refractivity contribution is -0.116. The van der Waals surface area contributed by atoms with Crippen LogP contribution in [0.3, 0.4) is 0 Å². The van der Waals surface area contributed by atoms with Gasteiger partial charge in [-0.3, -0.25) is 4.79 Å². The summed E-state index contributed by atoms with van der Waals surface area (Å²) in [6.45, 7) is 7.51. The smallest absolute Gasteiger partial charge is 0.223 e. The van der Waals surface area contributed by atoms with Gasteiger partial charge in [-0.15, -0.1) is 0 Å². The van der Waals surface area contributed by atoms with Crippen LogP contribution in [0.4, 0.5) is 20.5 Å². The van der Waals surface area contributed by atoms with E-state index in [4.69, 9.17) is 28.9 Å². The van der Waals surface area contributed by atoms with Crippen LogP contribution in [0, 0.1) is 17.6 Å². The summed E-state index contributed by atoms with van der Waals surface area (Å²) in [5, 5.41) is 3.85. The van der Waals surface area contributed by atoms with Gasteiger partial charge in [0, 0.05) is 37.8 Å². The van der Waals surface area contributed by atoms with Crippen molar-refractivity contribution in [2.45, 2.75) is 31.4 Å². The van der Waals surface area contributed by atoms with E-state index in [0.717, 1.165) is 6.07 Å². The molecule has 0 unspecified atom stereocenters. The summed E-state index contributed by atoms with van der Waals surface area (Å²) in [6.07, 6.45) is 3.97. The Morgan fingerprint density at radius 1 is 1.20 bits per heavy atom. The lowest BCUT2D eigenvalue weighted by Crippen LogP contribution is -2.61. The maximum atomic E-state index is 15.4. The van der Waals surface area contributed by atoms with E-state index in [0.29, 0.717) is 61.8 Å². The third-order valence-corrected chi connectivity index (χ3v) is 7.73. The van der Waals surface area contributed by atoms with Crippen LogP contribution in [-0.2, 0) is 14.3 Å². The molecule has 12 heteroatoms. The number of pyridine rings is 1. The maximum absolute atomic E-state index is 15.4. The molecular formula is C29H33F2N5O5. The Kier molecular flexibility index (Phi) is 8.05. The second kappa shape index (κ2) is 11.5. The molecule has 1 aromatic carbocycles. The number of carbonyl (C=O) groups excluding carboxylic acids is 1. The Morgan fingerprint density at radius 3 is 2.54 bits per heavy atom. The van der Waals surface area contributed by atoms with Gasteiger partial charge in [0.2, 0.25) is 5.95 Å². The number of allylic oxidation sites excluding steroid dienone is 1. The highest BCUT2D eigenvalue weighted by Gasteiger charge is 2.41. The average Bonchev–Trinajstić information content (AvgIpc) is 2.96. The van der Waals surface area contributed by atoms with Crippen LogP contribution in [0.5, 0.6) is 11.5 Å². The average molecular weight is 570 g/mol. The first-order chi connectivity index (χ1) is 19.7. The van der Waals surface area contributed by atoms with Gasteiger partial charge in [0.25, 0.3) is 0 Å². The molecule has 3 aromatic rings.